The highest BCUT2D eigenvalue weighted by Gasteiger charge is 2.39. The normalized spacial score (nSPS) is 35.2. The molecule has 4 atom stereocenters. The molecule has 0 amide bonds. The second-order valence-electron chi connectivity index (χ2n) is 7.31. The molecular formula is C16H30N2O. The van der Waals surface area contributed by atoms with E-state index in [1.807, 2.05) is 0 Å². The van der Waals surface area contributed by atoms with Crippen molar-refractivity contribution in [2.45, 2.75) is 57.0 Å². The van der Waals surface area contributed by atoms with E-state index in [4.69, 9.17) is 0 Å². The summed E-state index contributed by atoms with van der Waals surface area (Å²) in [6.07, 6.45) is 9.69. The predicted molar refractivity (Wildman–Crippen MR) is 78.1 cm³/mol. The number of nitrogens with zero attached hydrogens (tertiary/aromatic N) is 1. The smallest absolute Gasteiger partial charge is 0.0585 e. The minimum absolute atomic E-state index is 0.290. The number of nitrogens with one attached hydrogen (secondary N) is 1. The van der Waals surface area contributed by atoms with Gasteiger partial charge in [0.2, 0.25) is 0 Å². The highest BCUT2D eigenvalue weighted by Crippen LogP contribution is 2.48. The summed E-state index contributed by atoms with van der Waals surface area (Å²) in [5.41, 5.74) is 0. The molecule has 0 heterocycles. The van der Waals surface area contributed by atoms with Crippen molar-refractivity contribution in [1.29, 1.82) is 0 Å². The molecule has 4 unspecified atom stereocenters. The minimum atomic E-state index is 0.290. The van der Waals surface area contributed by atoms with Crippen LogP contribution in [0.1, 0.15) is 44.9 Å². The zero-order valence-corrected chi connectivity index (χ0v) is 12.4. The number of aliphatic hydroxyl groups excluding tert-OH is 1. The summed E-state index contributed by atoms with van der Waals surface area (Å²) in [5, 5.41) is 12.9. The fourth-order valence-corrected chi connectivity index (χ4v) is 4.28. The minimum Gasteiger partial charge on any atom is -0.395 e. The monoisotopic (exact) mass is 266 g/mol. The van der Waals surface area contributed by atoms with Gasteiger partial charge in [-0.05, 0) is 69.9 Å². The van der Waals surface area contributed by atoms with Gasteiger partial charge in [-0.2, -0.15) is 0 Å². The Balaban J connectivity index is 1.35. The van der Waals surface area contributed by atoms with Gasteiger partial charge in [0.15, 0.2) is 0 Å². The predicted octanol–water partition coefficient (Wildman–Crippen LogP) is 1.86. The molecule has 0 aromatic carbocycles. The Morgan fingerprint density at radius 3 is 2.63 bits per heavy atom. The van der Waals surface area contributed by atoms with E-state index in [1.165, 1.54) is 45.1 Å². The summed E-state index contributed by atoms with van der Waals surface area (Å²) in [7, 11) is 2.26. The molecule has 3 heteroatoms. The molecular weight excluding hydrogens is 236 g/mol. The van der Waals surface area contributed by atoms with Gasteiger partial charge in [-0.15, -0.1) is 0 Å². The molecule has 3 nitrogen and oxygen atoms in total. The summed E-state index contributed by atoms with van der Waals surface area (Å²) in [6, 6.07) is 1.02. The van der Waals surface area contributed by atoms with Crippen LogP contribution in [0, 0.1) is 17.8 Å². The summed E-state index contributed by atoms with van der Waals surface area (Å²) in [6.45, 7) is 2.69. The van der Waals surface area contributed by atoms with Crippen LogP contribution in [0.25, 0.3) is 0 Å². The fraction of sp³-hybridized carbons (Fsp3) is 1.00. The van der Waals surface area contributed by atoms with Crippen LogP contribution in [0.4, 0.5) is 0 Å². The van der Waals surface area contributed by atoms with Gasteiger partial charge in [-0.1, -0.05) is 6.42 Å². The molecule has 2 N–H and O–H groups in total. The van der Waals surface area contributed by atoms with Crippen molar-refractivity contribution in [2.75, 3.05) is 26.7 Å². The van der Waals surface area contributed by atoms with Crippen molar-refractivity contribution >= 4 is 0 Å². The zero-order chi connectivity index (χ0) is 13.2. The average Bonchev–Trinajstić information content (AvgIpc) is 2.98. The molecule has 0 aromatic heterocycles. The summed E-state index contributed by atoms with van der Waals surface area (Å²) in [5.74, 6) is 3.06. The average molecular weight is 266 g/mol. The van der Waals surface area contributed by atoms with E-state index in [9.17, 15) is 5.11 Å². The van der Waals surface area contributed by atoms with E-state index < -0.39 is 0 Å². The number of rotatable bonds is 8. The third kappa shape index (κ3) is 3.71. The lowest BCUT2D eigenvalue weighted by molar-refractivity contribution is 0.190. The first kappa shape index (κ1) is 13.8. The molecule has 110 valence electrons. The van der Waals surface area contributed by atoms with Gasteiger partial charge in [-0.3, -0.25) is 0 Å². The molecule has 2 bridgehead atoms. The van der Waals surface area contributed by atoms with Crippen molar-refractivity contribution < 1.29 is 5.11 Å². The van der Waals surface area contributed by atoms with Crippen molar-refractivity contribution in [3.8, 4) is 0 Å². The van der Waals surface area contributed by atoms with E-state index in [0.29, 0.717) is 18.7 Å². The van der Waals surface area contributed by atoms with Crippen LogP contribution in [0.5, 0.6) is 0 Å². The summed E-state index contributed by atoms with van der Waals surface area (Å²) in [4.78, 5) is 2.50. The van der Waals surface area contributed by atoms with Crippen LogP contribution in [0.15, 0.2) is 0 Å². The van der Waals surface area contributed by atoms with Crippen molar-refractivity contribution in [2.24, 2.45) is 17.8 Å². The Hall–Kier alpha value is -0.120. The van der Waals surface area contributed by atoms with Crippen molar-refractivity contribution in [1.82, 2.24) is 10.2 Å². The van der Waals surface area contributed by atoms with Gasteiger partial charge in [0.05, 0.1) is 6.61 Å². The van der Waals surface area contributed by atoms with Crippen LogP contribution in [-0.2, 0) is 0 Å². The SMILES string of the molecule is CN(CCC(CO)NC1CC1)CC1CC2CCC1C2. The van der Waals surface area contributed by atoms with Gasteiger partial charge in [0.25, 0.3) is 0 Å². The molecule has 3 rings (SSSR count). The van der Waals surface area contributed by atoms with Gasteiger partial charge in [0, 0.05) is 18.6 Å². The van der Waals surface area contributed by atoms with Gasteiger partial charge in [-0.25, -0.2) is 0 Å². The molecule has 3 saturated carbocycles. The molecule has 0 radical (unpaired) electrons. The molecule has 0 spiro atoms. The number of aliphatic hydroxyl groups is 1. The lowest BCUT2D eigenvalue weighted by Crippen LogP contribution is -2.38. The topological polar surface area (TPSA) is 35.5 Å². The molecule has 0 aliphatic heterocycles. The Kier molecular flexibility index (Phi) is 4.45. The first-order valence-corrected chi connectivity index (χ1v) is 8.30. The maximum absolute atomic E-state index is 9.40. The van der Waals surface area contributed by atoms with E-state index in [2.05, 4.69) is 17.3 Å². The van der Waals surface area contributed by atoms with Gasteiger partial charge >= 0.3 is 0 Å². The third-order valence-electron chi connectivity index (χ3n) is 5.56. The van der Waals surface area contributed by atoms with Crippen molar-refractivity contribution in [3.63, 3.8) is 0 Å². The van der Waals surface area contributed by atoms with Crippen LogP contribution >= 0.6 is 0 Å². The molecule has 3 fully saturated rings. The van der Waals surface area contributed by atoms with Gasteiger partial charge in [0.1, 0.15) is 0 Å². The maximum atomic E-state index is 9.40. The molecule has 3 aliphatic carbocycles. The zero-order valence-electron chi connectivity index (χ0n) is 12.4. The van der Waals surface area contributed by atoms with Crippen LogP contribution in [0.2, 0.25) is 0 Å². The van der Waals surface area contributed by atoms with Crippen LogP contribution < -0.4 is 5.32 Å². The first-order valence-electron chi connectivity index (χ1n) is 8.30. The molecule has 3 aliphatic rings. The number of hydrogen-bond donors (Lipinski definition) is 2. The van der Waals surface area contributed by atoms with Gasteiger partial charge < -0.3 is 15.3 Å². The summed E-state index contributed by atoms with van der Waals surface area (Å²) >= 11 is 0. The summed E-state index contributed by atoms with van der Waals surface area (Å²) < 4.78 is 0. The largest absolute Gasteiger partial charge is 0.395 e. The second-order valence-corrected chi connectivity index (χ2v) is 7.31. The maximum Gasteiger partial charge on any atom is 0.0585 e. The molecule has 0 saturated heterocycles. The second kappa shape index (κ2) is 6.11. The standard InChI is InChI=1S/C16H30N2O/c1-18(7-6-16(11-19)17-15-4-5-15)10-14-9-12-2-3-13(14)8-12/h12-17,19H,2-11H2,1H3. The molecule has 0 aromatic rings. The highest BCUT2D eigenvalue weighted by atomic mass is 16.3. The van der Waals surface area contributed by atoms with E-state index in [-0.39, 0.29) is 0 Å². The first-order chi connectivity index (χ1) is 9.24. The number of hydrogen-bond acceptors (Lipinski definition) is 3. The van der Waals surface area contributed by atoms with E-state index in [0.717, 1.165) is 30.7 Å². The third-order valence-corrected chi connectivity index (χ3v) is 5.56. The van der Waals surface area contributed by atoms with E-state index in [1.54, 1.807) is 0 Å². The lowest BCUT2D eigenvalue weighted by atomic mass is 9.88. The van der Waals surface area contributed by atoms with Crippen LogP contribution in [0.3, 0.4) is 0 Å². The quantitative estimate of drug-likeness (QED) is 0.704. The Morgan fingerprint density at radius 2 is 2.05 bits per heavy atom. The number of fused-ring (bicyclic) bond motifs is 2. The lowest BCUT2D eigenvalue weighted by Gasteiger charge is -2.28. The highest BCUT2D eigenvalue weighted by molar-refractivity contribution is 4.91. The molecule has 19 heavy (non-hydrogen) atoms. The Morgan fingerprint density at radius 1 is 1.21 bits per heavy atom. The van der Waals surface area contributed by atoms with Crippen molar-refractivity contribution in [3.05, 3.63) is 0 Å². The fourth-order valence-electron chi connectivity index (χ4n) is 4.28. The van der Waals surface area contributed by atoms with E-state index >= 15 is 0 Å². The van der Waals surface area contributed by atoms with Crippen LogP contribution in [-0.4, -0.2) is 48.8 Å². The Bertz CT molecular complexity index is 292. The Labute approximate surface area is 117 Å².